The van der Waals surface area contributed by atoms with Crippen LogP contribution in [-0.4, -0.2) is 6.54 Å². The first-order valence-corrected chi connectivity index (χ1v) is 10.1. The molecule has 0 atom stereocenters. The van der Waals surface area contributed by atoms with Gasteiger partial charge in [-0.05, 0) is 92.7 Å². The van der Waals surface area contributed by atoms with Crippen molar-refractivity contribution >= 4 is 12.4 Å². The minimum absolute atomic E-state index is 0. The summed E-state index contributed by atoms with van der Waals surface area (Å²) in [6.07, 6.45) is 12.7. The normalized spacial score (nSPS) is 36.6. The van der Waals surface area contributed by atoms with Crippen molar-refractivity contribution in [1.82, 2.24) is 0 Å². The van der Waals surface area contributed by atoms with E-state index in [0.29, 0.717) is 5.41 Å². The number of hydrogen-bond acceptors (Lipinski definition) is 1. The van der Waals surface area contributed by atoms with Gasteiger partial charge in [-0.15, -0.1) is 12.4 Å². The molecular formula is C22H34ClN. The van der Waals surface area contributed by atoms with Crippen LogP contribution in [0.25, 0.3) is 0 Å². The number of benzene rings is 1. The number of aryl methyl sites for hydroxylation is 1. The van der Waals surface area contributed by atoms with Gasteiger partial charge in [0, 0.05) is 5.41 Å². The molecule has 1 aromatic carbocycles. The van der Waals surface area contributed by atoms with E-state index in [4.69, 9.17) is 5.73 Å². The van der Waals surface area contributed by atoms with Crippen LogP contribution in [0.3, 0.4) is 0 Å². The molecule has 4 fully saturated rings. The van der Waals surface area contributed by atoms with Crippen molar-refractivity contribution in [3.63, 3.8) is 0 Å². The van der Waals surface area contributed by atoms with Gasteiger partial charge in [-0.2, -0.15) is 0 Å². The van der Waals surface area contributed by atoms with Gasteiger partial charge in [-0.25, -0.2) is 0 Å². The molecule has 134 valence electrons. The Morgan fingerprint density at radius 3 is 2.17 bits per heavy atom. The summed E-state index contributed by atoms with van der Waals surface area (Å²) < 4.78 is 0. The predicted molar refractivity (Wildman–Crippen MR) is 105 cm³/mol. The standard InChI is InChI=1S/C22H33N.ClH/c1-2-18-7-3-4-8-21(18)22(9-5-6-10-23)19-12-16-11-17(14-19)15-20(22)13-16;/h3-4,7-8,16-17,19-20H,2,5-6,9-15,23H2,1H3;1H. The Balaban J connectivity index is 0.00000169. The van der Waals surface area contributed by atoms with Crippen LogP contribution in [0.15, 0.2) is 24.3 Å². The van der Waals surface area contributed by atoms with E-state index < -0.39 is 0 Å². The molecule has 4 aliphatic rings. The average Bonchev–Trinajstić information content (AvgIpc) is 2.57. The Hall–Kier alpha value is -0.530. The zero-order chi connectivity index (χ0) is 15.9. The van der Waals surface area contributed by atoms with Gasteiger partial charge in [0.15, 0.2) is 0 Å². The molecule has 4 aliphatic carbocycles. The second-order valence-corrected chi connectivity index (χ2v) is 8.60. The lowest BCUT2D eigenvalue weighted by atomic mass is 9.42. The number of hydrogen-bond donors (Lipinski definition) is 1. The molecule has 0 saturated heterocycles. The summed E-state index contributed by atoms with van der Waals surface area (Å²) in [5.74, 6) is 4.00. The van der Waals surface area contributed by atoms with E-state index in [2.05, 4.69) is 31.2 Å². The Morgan fingerprint density at radius 1 is 0.958 bits per heavy atom. The van der Waals surface area contributed by atoms with Crippen LogP contribution in [0.4, 0.5) is 0 Å². The fourth-order valence-corrected chi connectivity index (χ4v) is 6.85. The minimum atomic E-state index is 0. The van der Waals surface area contributed by atoms with Crippen LogP contribution in [0.5, 0.6) is 0 Å². The third kappa shape index (κ3) is 2.82. The molecule has 2 heteroatoms. The van der Waals surface area contributed by atoms with Crippen LogP contribution in [-0.2, 0) is 11.8 Å². The Kier molecular flexibility index (Phi) is 5.62. The highest BCUT2D eigenvalue weighted by atomic mass is 35.5. The van der Waals surface area contributed by atoms with Crippen LogP contribution < -0.4 is 5.73 Å². The van der Waals surface area contributed by atoms with E-state index >= 15 is 0 Å². The van der Waals surface area contributed by atoms with Gasteiger partial charge >= 0.3 is 0 Å². The maximum Gasteiger partial charge on any atom is 0.00126 e. The van der Waals surface area contributed by atoms with Crippen molar-refractivity contribution in [2.24, 2.45) is 29.4 Å². The summed E-state index contributed by atoms with van der Waals surface area (Å²) in [5.41, 5.74) is 9.66. The van der Waals surface area contributed by atoms with Crippen molar-refractivity contribution < 1.29 is 0 Å². The van der Waals surface area contributed by atoms with Crippen LogP contribution in [0, 0.1) is 23.7 Å². The van der Waals surface area contributed by atoms with Gasteiger partial charge in [0.25, 0.3) is 0 Å². The summed E-state index contributed by atoms with van der Waals surface area (Å²) in [5, 5.41) is 0. The molecule has 0 radical (unpaired) electrons. The van der Waals surface area contributed by atoms with E-state index in [9.17, 15) is 0 Å². The maximum atomic E-state index is 5.83. The molecule has 0 aliphatic heterocycles. The Bertz CT molecular complexity index is 525. The third-order valence-electron chi connectivity index (χ3n) is 7.54. The van der Waals surface area contributed by atoms with Gasteiger partial charge in [0.05, 0.1) is 0 Å². The van der Waals surface area contributed by atoms with E-state index in [0.717, 1.165) is 30.2 Å². The number of nitrogens with two attached hydrogens (primary N) is 1. The quantitative estimate of drug-likeness (QED) is 0.676. The van der Waals surface area contributed by atoms with Gasteiger partial charge in [0.1, 0.15) is 0 Å². The second-order valence-electron chi connectivity index (χ2n) is 8.60. The molecule has 0 aromatic heterocycles. The maximum absolute atomic E-state index is 5.83. The first-order valence-electron chi connectivity index (χ1n) is 10.1. The summed E-state index contributed by atoms with van der Waals surface area (Å²) in [6, 6.07) is 9.42. The molecular weight excluding hydrogens is 314 g/mol. The van der Waals surface area contributed by atoms with Crippen molar-refractivity contribution in [3.8, 4) is 0 Å². The highest BCUT2D eigenvalue weighted by Gasteiger charge is 2.57. The Labute approximate surface area is 154 Å². The van der Waals surface area contributed by atoms with Gasteiger partial charge < -0.3 is 5.73 Å². The predicted octanol–water partition coefficient (Wildman–Crippen LogP) is 5.49. The molecule has 4 bridgehead atoms. The van der Waals surface area contributed by atoms with E-state index in [1.165, 1.54) is 51.4 Å². The lowest BCUT2D eigenvalue weighted by molar-refractivity contribution is -0.0662. The van der Waals surface area contributed by atoms with Gasteiger partial charge in [-0.1, -0.05) is 37.6 Å². The fraction of sp³-hybridized carbons (Fsp3) is 0.727. The molecule has 2 N–H and O–H groups in total. The molecule has 1 nitrogen and oxygen atoms in total. The molecule has 0 unspecified atom stereocenters. The van der Waals surface area contributed by atoms with Crippen LogP contribution in [0.2, 0.25) is 0 Å². The zero-order valence-corrected chi connectivity index (χ0v) is 16.0. The molecule has 1 aromatic rings. The van der Waals surface area contributed by atoms with Crippen molar-refractivity contribution in [2.75, 3.05) is 6.54 Å². The number of halogens is 1. The highest BCUT2D eigenvalue weighted by Crippen LogP contribution is 2.64. The SMILES string of the molecule is CCc1ccccc1C1(CCCCN)C2CC3CC(C2)CC1C3.Cl. The third-order valence-corrected chi connectivity index (χ3v) is 7.54. The Morgan fingerprint density at radius 2 is 1.58 bits per heavy atom. The summed E-state index contributed by atoms with van der Waals surface area (Å²) in [6.45, 7) is 3.19. The topological polar surface area (TPSA) is 26.0 Å². The summed E-state index contributed by atoms with van der Waals surface area (Å²) in [7, 11) is 0. The summed E-state index contributed by atoms with van der Waals surface area (Å²) in [4.78, 5) is 0. The number of rotatable bonds is 6. The van der Waals surface area contributed by atoms with Crippen LogP contribution >= 0.6 is 12.4 Å². The summed E-state index contributed by atoms with van der Waals surface area (Å²) >= 11 is 0. The molecule has 4 saturated carbocycles. The van der Waals surface area contributed by atoms with Crippen molar-refractivity contribution in [1.29, 1.82) is 0 Å². The fourth-order valence-electron chi connectivity index (χ4n) is 6.85. The van der Waals surface area contributed by atoms with E-state index in [-0.39, 0.29) is 12.4 Å². The first kappa shape index (κ1) is 18.3. The average molecular weight is 348 g/mol. The smallest absolute Gasteiger partial charge is 0.00126 e. The van der Waals surface area contributed by atoms with E-state index in [1.807, 2.05) is 0 Å². The lowest BCUT2D eigenvalue weighted by Gasteiger charge is -2.62. The van der Waals surface area contributed by atoms with Gasteiger partial charge in [-0.3, -0.25) is 0 Å². The molecule has 0 spiro atoms. The molecule has 0 heterocycles. The minimum Gasteiger partial charge on any atom is -0.330 e. The van der Waals surface area contributed by atoms with E-state index in [1.54, 1.807) is 17.5 Å². The highest BCUT2D eigenvalue weighted by molar-refractivity contribution is 5.85. The molecule has 24 heavy (non-hydrogen) atoms. The first-order chi connectivity index (χ1) is 11.3. The van der Waals surface area contributed by atoms with Crippen molar-refractivity contribution in [2.45, 2.75) is 70.1 Å². The van der Waals surface area contributed by atoms with Crippen molar-refractivity contribution in [3.05, 3.63) is 35.4 Å². The van der Waals surface area contributed by atoms with Gasteiger partial charge in [0.2, 0.25) is 0 Å². The monoisotopic (exact) mass is 347 g/mol. The second kappa shape index (κ2) is 7.38. The van der Waals surface area contributed by atoms with Crippen LogP contribution in [0.1, 0.15) is 69.4 Å². The number of unbranched alkanes of at least 4 members (excludes halogenated alkanes) is 1. The lowest BCUT2D eigenvalue weighted by Crippen LogP contribution is -2.55. The zero-order valence-electron chi connectivity index (χ0n) is 15.2. The molecule has 0 amide bonds. The molecule has 5 rings (SSSR count). The largest absolute Gasteiger partial charge is 0.330 e.